The van der Waals surface area contributed by atoms with E-state index in [1.54, 1.807) is 6.92 Å². The van der Waals surface area contributed by atoms with Crippen LogP contribution in [0.15, 0.2) is 12.1 Å². The summed E-state index contributed by atoms with van der Waals surface area (Å²) in [6.45, 7) is 1.74. The molecule has 7 heteroatoms. The van der Waals surface area contributed by atoms with Crippen LogP contribution in [0.4, 0.5) is 20.2 Å². The van der Waals surface area contributed by atoms with Gasteiger partial charge in [0.1, 0.15) is 11.5 Å². The van der Waals surface area contributed by atoms with Crippen LogP contribution in [-0.2, 0) is 0 Å². The van der Waals surface area contributed by atoms with Gasteiger partial charge in [0.2, 0.25) is 5.82 Å². The minimum Gasteiger partial charge on any atom is -0.396 e. The van der Waals surface area contributed by atoms with E-state index in [1.807, 2.05) is 0 Å². The summed E-state index contributed by atoms with van der Waals surface area (Å²) in [4.78, 5) is 9.71. The Hall–Kier alpha value is -1.76. The van der Waals surface area contributed by atoms with Gasteiger partial charge in [-0.05, 0) is 5.92 Å². The molecule has 0 saturated carbocycles. The molecule has 17 heavy (non-hydrogen) atoms. The van der Waals surface area contributed by atoms with Gasteiger partial charge < -0.3 is 10.4 Å². The zero-order valence-corrected chi connectivity index (χ0v) is 9.11. The molecule has 1 aromatic rings. The zero-order chi connectivity index (χ0) is 13.0. The van der Waals surface area contributed by atoms with Crippen LogP contribution in [0.25, 0.3) is 0 Å². The number of nitro benzene ring substituents is 1. The lowest BCUT2D eigenvalue weighted by molar-refractivity contribution is -0.386. The molecular formula is C10H12F2N2O3. The molecule has 0 aliphatic heterocycles. The normalized spacial score (nSPS) is 12.2. The number of nitro groups is 1. The third kappa shape index (κ3) is 3.35. The van der Waals surface area contributed by atoms with E-state index < -0.39 is 22.2 Å². The Morgan fingerprint density at radius 3 is 2.71 bits per heavy atom. The van der Waals surface area contributed by atoms with Gasteiger partial charge in [0, 0.05) is 25.3 Å². The van der Waals surface area contributed by atoms with Gasteiger partial charge in [0.05, 0.1) is 4.92 Å². The van der Waals surface area contributed by atoms with Crippen molar-refractivity contribution in [3.05, 3.63) is 33.9 Å². The molecule has 0 fully saturated rings. The number of halogens is 2. The number of rotatable bonds is 5. The second-order valence-electron chi connectivity index (χ2n) is 3.71. The summed E-state index contributed by atoms with van der Waals surface area (Å²) in [6, 6.07) is 1.31. The first-order valence-corrected chi connectivity index (χ1v) is 4.94. The molecule has 0 aliphatic rings. The van der Waals surface area contributed by atoms with Crippen molar-refractivity contribution in [3.63, 3.8) is 0 Å². The lowest BCUT2D eigenvalue weighted by Crippen LogP contribution is -2.15. The Kier molecular flexibility index (Phi) is 4.33. The maximum atomic E-state index is 13.2. The Bertz CT molecular complexity index is 426. The summed E-state index contributed by atoms with van der Waals surface area (Å²) in [5.74, 6) is -2.30. The van der Waals surface area contributed by atoms with Gasteiger partial charge in [-0.3, -0.25) is 10.1 Å². The van der Waals surface area contributed by atoms with Crippen LogP contribution in [0.5, 0.6) is 0 Å². The third-order valence-corrected chi connectivity index (χ3v) is 2.16. The molecule has 0 amide bonds. The van der Waals surface area contributed by atoms with Crippen molar-refractivity contribution in [2.75, 3.05) is 18.5 Å². The van der Waals surface area contributed by atoms with E-state index in [1.165, 1.54) is 0 Å². The van der Waals surface area contributed by atoms with Gasteiger partial charge in [-0.1, -0.05) is 6.92 Å². The number of nitrogens with one attached hydrogen (secondary N) is 1. The van der Waals surface area contributed by atoms with E-state index in [0.717, 1.165) is 6.07 Å². The van der Waals surface area contributed by atoms with Crippen molar-refractivity contribution < 1.29 is 18.8 Å². The molecule has 94 valence electrons. The van der Waals surface area contributed by atoms with E-state index in [9.17, 15) is 18.9 Å². The lowest BCUT2D eigenvalue weighted by atomic mass is 10.2. The highest BCUT2D eigenvalue weighted by molar-refractivity contribution is 5.62. The molecular weight excluding hydrogens is 234 g/mol. The molecule has 0 radical (unpaired) electrons. The molecule has 0 heterocycles. The SMILES string of the molecule is CC(CO)CNc1cc(F)cc(F)c1[N+](=O)[O-]. The molecule has 1 aromatic carbocycles. The summed E-state index contributed by atoms with van der Waals surface area (Å²) < 4.78 is 26.1. The smallest absolute Gasteiger partial charge is 0.327 e. The standard InChI is InChI=1S/C10H12F2N2O3/c1-6(5-15)4-13-9-3-7(11)2-8(12)10(9)14(16)17/h2-3,6,13,15H,4-5H2,1H3. The summed E-state index contributed by atoms with van der Waals surface area (Å²) in [7, 11) is 0. The summed E-state index contributed by atoms with van der Waals surface area (Å²) in [5.41, 5.74) is -1.02. The number of hydrogen-bond donors (Lipinski definition) is 2. The Labute approximate surface area is 96.2 Å². The second-order valence-corrected chi connectivity index (χ2v) is 3.71. The quantitative estimate of drug-likeness (QED) is 0.614. The molecule has 1 atom stereocenters. The van der Waals surface area contributed by atoms with Crippen molar-refractivity contribution in [1.29, 1.82) is 0 Å². The molecule has 0 aliphatic carbocycles. The van der Waals surface area contributed by atoms with Crippen molar-refractivity contribution >= 4 is 11.4 Å². The van der Waals surface area contributed by atoms with Gasteiger partial charge in [-0.2, -0.15) is 4.39 Å². The monoisotopic (exact) mass is 246 g/mol. The van der Waals surface area contributed by atoms with Gasteiger partial charge in [0.15, 0.2) is 0 Å². The fourth-order valence-corrected chi connectivity index (χ4v) is 1.24. The average Bonchev–Trinajstić information content (AvgIpc) is 2.24. The first-order valence-electron chi connectivity index (χ1n) is 4.94. The second kappa shape index (κ2) is 5.53. The molecule has 0 aromatic heterocycles. The number of hydrogen-bond acceptors (Lipinski definition) is 4. The third-order valence-electron chi connectivity index (χ3n) is 2.16. The van der Waals surface area contributed by atoms with Crippen LogP contribution in [0, 0.1) is 27.7 Å². The fourth-order valence-electron chi connectivity index (χ4n) is 1.24. The maximum Gasteiger partial charge on any atom is 0.327 e. The molecule has 2 N–H and O–H groups in total. The molecule has 0 bridgehead atoms. The molecule has 1 unspecified atom stereocenters. The minimum absolute atomic E-state index is 0.126. The predicted octanol–water partition coefficient (Wildman–Crippen LogP) is 1.91. The summed E-state index contributed by atoms with van der Waals surface area (Å²) in [5, 5.41) is 21.9. The van der Waals surface area contributed by atoms with E-state index >= 15 is 0 Å². The maximum absolute atomic E-state index is 13.2. The van der Waals surface area contributed by atoms with Crippen molar-refractivity contribution in [2.24, 2.45) is 5.92 Å². The number of aliphatic hydroxyl groups is 1. The van der Waals surface area contributed by atoms with Gasteiger partial charge in [-0.25, -0.2) is 4.39 Å². The summed E-state index contributed by atoms with van der Waals surface area (Å²) >= 11 is 0. The Morgan fingerprint density at radius 2 is 2.18 bits per heavy atom. The van der Waals surface area contributed by atoms with Crippen molar-refractivity contribution in [3.8, 4) is 0 Å². The highest BCUT2D eigenvalue weighted by Crippen LogP contribution is 2.28. The largest absolute Gasteiger partial charge is 0.396 e. The van der Waals surface area contributed by atoms with Crippen LogP contribution >= 0.6 is 0 Å². The Balaban J connectivity index is 3.00. The van der Waals surface area contributed by atoms with Gasteiger partial charge in [0.25, 0.3) is 0 Å². The lowest BCUT2D eigenvalue weighted by Gasteiger charge is -2.11. The number of nitrogens with zero attached hydrogens (tertiary/aromatic N) is 1. The van der Waals surface area contributed by atoms with Crippen molar-refractivity contribution in [1.82, 2.24) is 0 Å². The predicted molar refractivity (Wildman–Crippen MR) is 57.8 cm³/mol. The van der Waals surface area contributed by atoms with Crippen LogP contribution in [-0.4, -0.2) is 23.2 Å². The first-order chi connectivity index (χ1) is 7.95. The van der Waals surface area contributed by atoms with Gasteiger partial charge >= 0.3 is 5.69 Å². The highest BCUT2D eigenvalue weighted by Gasteiger charge is 2.22. The Morgan fingerprint density at radius 1 is 1.53 bits per heavy atom. The zero-order valence-electron chi connectivity index (χ0n) is 9.11. The minimum atomic E-state index is -1.23. The number of aliphatic hydroxyl groups excluding tert-OH is 1. The first kappa shape index (κ1) is 13.3. The highest BCUT2D eigenvalue weighted by atomic mass is 19.1. The van der Waals surface area contributed by atoms with Gasteiger partial charge in [-0.15, -0.1) is 0 Å². The van der Waals surface area contributed by atoms with Crippen LogP contribution < -0.4 is 5.32 Å². The van der Waals surface area contributed by atoms with Crippen molar-refractivity contribution in [2.45, 2.75) is 6.92 Å². The van der Waals surface area contributed by atoms with E-state index in [-0.39, 0.29) is 24.8 Å². The topological polar surface area (TPSA) is 75.4 Å². The molecule has 5 nitrogen and oxygen atoms in total. The van der Waals surface area contributed by atoms with Crippen LogP contribution in [0.1, 0.15) is 6.92 Å². The molecule has 1 rings (SSSR count). The average molecular weight is 246 g/mol. The van der Waals surface area contributed by atoms with E-state index in [4.69, 9.17) is 5.11 Å². The van der Waals surface area contributed by atoms with E-state index in [2.05, 4.69) is 5.32 Å². The fraction of sp³-hybridized carbons (Fsp3) is 0.400. The van der Waals surface area contributed by atoms with Crippen LogP contribution in [0.2, 0.25) is 0 Å². The number of benzene rings is 1. The number of anilines is 1. The molecule has 0 saturated heterocycles. The molecule has 0 spiro atoms. The van der Waals surface area contributed by atoms with E-state index in [0.29, 0.717) is 6.07 Å². The summed E-state index contributed by atoms with van der Waals surface area (Å²) in [6.07, 6.45) is 0. The van der Waals surface area contributed by atoms with Crippen LogP contribution in [0.3, 0.4) is 0 Å².